The van der Waals surface area contributed by atoms with Gasteiger partial charge in [-0.1, -0.05) is 72.8 Å². The zero-order valence-electron chi connectivity index (χ0n) is 13.9. The van der Waals surface area contributed by atoms with Gasteiger partial charge in [0.1, 0.15) is 11.6 Å². The van der Waals surface area contributed by atoms with Crippen molar-refractivity contribution < 1.29 is 4.79 Å². The molecule has 3 rings (SSSR count). The predicted octanol–water partition coefficient (Wildman–Crippen LogP) is 4.62. The Labute approximate surface area is 147 Å². The highest BCUT2D eigenvalue weighted by atomic mass is 16.1. The van der Waals surface area contributed by atoms with Crippen LogP contribution in [0.2, 0.25) is 0 Å². The lowest BCUT2D eigenvalue weighted by molar-refractivity contribution is -0.117. The lowest BCUT2D eigenvalue weighted by Crippen LogP contribution is -2.27. The minimum absolute atomic E-state index is 0.0956. The minimum atomic E-state index is -0.369. The molecule has 3 aromatic carbocycles. The van der Waals surface area contributed by atoms with Crippen LogP contribution in [0.4, 0.5) is 0 Å². The largest absolute Gasteiger partial charge is 0.345 e. The number of carbonyl (C=O) groups is 1. The second-order valence-electron chi connectivity index (χ2n) is 5.84. The summed E-state index contributed by atoms with van der Waals surface area (Å²) >= 11 is 0. The molecule has 3 aromatic rings. The molecule has 0 bridgehead atoms. The van der Waals surface area contributed by atoms with Gasteiger partial charge in [-0.25, -0.2) is 0 Å². The van der Waals surface area contributed by atoms with E-state index in [0.717, 1.165) is 21.9 Å². The Morgan fingerprint density at radius 2 is 1.68 bits per heavy atom. The molecule has 0 saturated heterocycles. The third-order valence-electron chi connectivity index (χ3n) is 4.11. The monoisotopic (exact) mass is 326 g/mol. The molecule has 0 spiro atoms. The van der Waals surface area contributed by atoms with E-state index in [1.807, 2.05) is 85.8 Å². The van der Waals surface area contributed by atoms with Gasteiger partial charge in [0.15, 0.2) is 0 Å². The molecule has 3 heteroatoms. The lowest BCUT2D eigenvalue weighted by Gasteiger charge is -2.16. The van der Waals surface area contributed by atoms with Crippen LogP contribution in [0.5, 0.6) is 0 Å². The van der Waals surface area contributed by atoms with E-state index in [2.05, 4.69) is 5.32 Å². The van der Waals surface area contributed by atoms with Crippen molar-refractivity contribution in [3.63, 3.8) is 0 Å². The number of fused-ring (bicyclic) bond motifs is 1. The van der Waals surface area contributed by atoms with Gasteiger partial charge in [0.2, 0.25) is 0 Å². The number of nitriles is 1. The van der Waals surface area contributed by atoms with E-state index in [9.17, 15) is 10.1 Å². The first-order valence-electron chi connectivity index (χ1n) is 8.14. The van der Waals surface area contributed by atoms with Gasteiger partial charge in [0.05, 0.1) is 6.04 Å². The molecule has 1 N–H and O–H groups in total. The average molecular weight is 326 g/mol. The van der Waals surface area contributed by atoms with Gasteiger partial charge in [0, 0.05) is 0 Å². The fraction of sp³-hybridized carbons (Fsp3) is 0.0909. The van der Waals surface area contributed by atoms with Crippen molar-refractivity contribution in [3.8, 4) is 6.07 Å². The van der Waals surface area contributed by atoms with Crippen molar-refractivity contribution in [1.82, 2.24) is 5.32 Å². The van der Waals surface area contributed by atoms with Crippen LogP contribution in [0.25, 0.3) is 16.8 Å². The second-order valence-corrected chi connectivity index (χ2v) is 5.84. The number of nitrogens with zero attached hydrogens (tertiary/aromatic N) is 1. The topological polar surface area (TPSA) is 52.9 Å². The average Bonchev–Trinajstić information content (AvgIpc) is 2.66. The SMILES string of the molecule is C[C@H](NC(=O)/C(C#N)=C/c1ccccc1)c1cccc2ccccc12. The van der Waals surface area contributed by atoms with Crippen LogP contribution < -0.4 is 5.32 Å². The van der Waals surface area contributed by atoms with Crippen LogP contribution >= 0.6 is 0 Å². The summed E-state index contributed by atoms with van der Waals surface area (Å²) in [5.41, 5.74) is 1.95. The van der Waals surface area contributed by atoms with Crippen molar-refractivity contribution in [3.05, 3.63) is 89.5 Å². The molecule has 0 aliphatic carbocycles. The molecule has 0 aliphatic heterocycles. The number of amides is 1. The number of rotatable bonds is 4. The fourth-order valence-corrected chi connectivity index (χ4v) is 2.84. The van der Waals surface area contributed by atoms with Gasteiger partial charge in [-0.15, -0.1) is 0 Å². The van der Waals surface area contributed by atoms with Gasteiger partial charge >= 0.3 is 0 Å². The van der Waals surface area contributed by atoms with E-state index < -0.39 is 0 Å². The molecule has 122 valence electrons. The molecule has 25 heavy (non-hydrogen) atoms. The smallest absolute Gasteiger partial charge is 0.262 e. The van der Waals surface area contributed by atoms with E-state index in [4.69, 9.17) is 0 Å². The Morgan fingerprint density at radius 3 is 2.44 bits per heavy atom. The van der Waals surface area contributed by atoms with Gasteiger partial charge in [0.25, 0.3) is 5.91 Å². The maximum Gasteiger partial charge on any atom is 0.262 e. The van der Waals surface area contributed by atoms with Crippen LogP contribution in [-0.4, -0.2) is 5.91 Å². The molecule has 0 heterocycles. The normalized spacial score (nSPS) is 12.4. The first-order valence-corrected chi connectivity index (χ1v) is 8.14. The van der Waals surface area contributed by atoms with E-state index in [-0.39, 0.29) is 17.5 Å². The van der Waals surface area contributed by atoms with Gasteiger partial charge in [-0.2, -0.15) is 5.26 Å². The predicted molar refractivity (Wildman–Crippen MR) is 101 cm³/mol. The Kier molecular flexibility index (Phi) is 4.92. The summed E-state index contributed by atoms with van der Waals surface area (Å²) in [7, 11) is 0. The molecule has 1 amide bonds. The van der Waals surface area contributed by atoms with Crippen LogP contribution in [0, 0.1) is 11.3 Å². The first kappa shape index (κ1) is 16.5. The Hall–Kier alpha value is -3.38. The highest BCUT2D eigenvalue weighted by Gasteiger charge is 2.15. The second kappa shape index (κ2) is 7.46. The molecule has 0 saturated carbocycles. The Balaban J connectivity index is 1.84. The first-order chi connectivity index (χ1) is 12.2. The van der Waals surface area contributed by atoms with Crippen molar-refractivity contribution >= 4 is 22.8 Å². The summed E-state index contributed by atoms with van der Waals surface area (Å²) in [6.07, 6.45) is 1.60. The van der Waals surface area contributed by atoms with E-state index >= 15 is 0 Å². The van der Waals surface area contributed by atoms with Gasteiger partial charge in [-0.05, 0) is 34.9 Å². The summed E-state index contributed by atoms with van der Waals surface area (Å²) in [6, 6.07) is 25.2. The van der Waals surface area contributed by atoms with Crippen molar-refractivity contribution in [2.24, 2.45) is 0 Å². The molecule has 1 atom stereocenters. The molecular weight excluding hydrogens is 308 g/mol. The number of hydrogen-bond acceptors (Lipinski definition) is 2. The van der Waals surface area contributed by atoms with E-state index in [1.165, 1.54) is 0 Å². The number of carbonyl (C=O) groups excluding carboxylic acids is 1. The highest BCUT2D eigenvalue weighted by molar-refractivity contribution is 6.02. The van der Waals surface area contributed by atoms with E-state index in [0.29, 0.717) is 0 Å². The van der Waals surface area contributed by atoms with Crippen molar-refractivity contribution in [2.75, 3.05) is 0 Å². The zero-order chi connectivity index (χ0) is 17.6. The maximum atomic E-state index is 12.5. The molecule has 3 nitrogen and oxygen atoms in total. The minimum Gasteiger partial charge on any atom is -0.345 e. The summed E-state index contributed by atoms with van der Waals surface area (Å²) < 4.78 is 0. The number of nitrogens with one attached hydrogen (secondary N) is 1. The summed E-state index contributed by atoms with van der Waals surface area (Å²) in [6.45, 7) is 1.93. The molecule has 0 unspecified atom stereocenters. The summed E-state index contributed by atoms with van der Waals surface area (Å²) in [5, 5.41) is 14.5. The summed E-state index contributed by atoms with van der Waals surface area (Å²) in [5.74, 6) is -0.369. The quantitative estimate of drug-likeness (QED) is 0.561. The number of benzene rings is 3. The zero-order valence-corrected chi connectivity index (χ0v) is 13.9. The van der Waals surface area contributed by atoms with Crippen LogP contribution in [0.3, 0.4) is 0 Å². The molecule has 0 aromatic heterocycles. The lowest BCUT2D eigenvalue weighted by atomic mass is 9.99. The van der Waals surface area contributed by atoms with E-state index in [1.54, 1.807) is 6.08 Å². The molecular formula is C22H18N2O. The Bertz CT molecular complexity index is 963. The third-order valence-corrected chi connectivity index (χ3v) is 4.11. The van der Waals surface area contributed by atoms with Crippen LogP contribution in [0.15, 0.2) is 78.4 Å². The maximum absolute atomic E-state index is 12.5. The van der Waals surface area contributed by atoms with Crippen LogP contribution in [-0.2, 0) is 4.79 Å². The molecule has 0 aliphatic rings. The molecule has 0 fully saturated rings. The van der Waals surface area contributed by atoms with Gasteiger partial charge < -0.3 is 5.32 Å². The molecule has 0 radical (unpaired) electrons. The van der Waals surface area contributed by atoms with Crippen LogP contribution in [0.1, 0.15) is 24.1 Å². The third kappa shape index (κ3) is 3.76. The fourth-order valence-electron chi connectivity index (χ4n) is 2.84. The highest BCUT2D eigenvalue weighted by Crippen LogP contribution is 2.24. The standard InChI is InChI=1S/C22H18N2O/c1-16(20-13-7-11-18-10-5-6-12-21(18)20)24-22(25)19(15-23)14-17-8-3-2-4-9-17/h2-14,16H,1H3,(H,24,25)/b19-14+/t16-/m0/s1. The van der Waals surface area contributed by atoms with Crippen molar-refractivity contribution in [2.45, 2.75) is 13.0 Å². The van der Waals surface area contributed by atoms with Gasteiger partial charge in [-0.3, -0.25) is 4.79 Å². The summed E-state index contributed by atoms with van der Waals surface area (Å²) in [4.78, 5) is 12.5. The Morgan fingerprint density at radius 1 is 1.00 bits per heavy atom. The van der Waals surface area contributed by atoms with Crippen molar-refractivity contribution in [1.29, 1.82) is 5.26 Å². The number of hydrogen-bond donors (Lipinski definition) is 1.